The van der Waals surface area contributed by atoms with Crippen LogP contribution < -0.4 is 4.90 Å². The van der Waals surface area contributed by atoms with Crippen LogP contribution in [0.4, 0.5) is 5.69 Å². The second-order valence-corrected chi connectivity index (χ2v) is 10.2. The summed E-state index contributed by atoms with van der Waals surface area (Å²) in [6, 6.07) is 16.0. The molecule has 1 saturated heterocycles. The van der Waals surface area contributed by atoms with E-state index in [4.69, 9.17) is 4.42 Å². The number of rotatable bonds is 4. The molecule has 1 unspecified atom stereocenters. The van der Waals surface area contributed by atoms with Crippen molar-refractivity contribution in [1.82, 2.24) is 0 Å². The zero-order chi connectivity index (χ0) is 24.8. The molecule has 34 heavy (non-hydrogen) atoms. The Bertz CT molecular complexity index is 1260. The Balaban J connectivity index is 1.91. The molecular formula is C29H31NO4. The molecule has 5 heteroatoms. The number of nitrogens with zero attached hydrogens (tertiary/aromatic N) is 1. The van der Waals surface area contributed by atoms with Gasteiger partial charge in [0.2, 0.25) is 0 Å². The fraction of sp³-hybridized carbons (Fsp3) is 0.310. The average Bonchev–Trinajstić information content (AvgIpc) is 3.40. The van der Waals surface area contributed by atoms with Crippen LogP contribution in [0.15, 0.2) is 70.9 Å². The highest BCUT2D eigenvalue weighted by Crippen LogP contribution is 2.43. The number of aliphatic hydroxyl groups is 1. The van der Waals surface area contributed by atoms with Gasteiger partial charge in [-0.2, -0.15) is 0 Å². The maximum absolute atomic E-state index is 13.3. The molecular weight excluding hydrogens is 426 g/mol. The van der Waals surface area contributed by atoms with Crippen LogP contribution >= 0.6 is 0 Å². The summed E-state index contributed by atoms with van der Waals surface area (Å²) < 4.78 is 5.66. The molecule has 1 aliphatic heterocycles. The van der Waals surface area contributed by atoms with Gasteiger partial charge in [-0.05, 0) is 65.3 Å². The third kappa shape index (κ3) is 4.07. The van der Waals surface area contributed by atoms with Crippen LogP contribution in [-0.2, 0) is 15.0 Å². The molecule has 2 aromatic carbocycles. The number of anilines is 1. The van der Waals surface area contributed by atoms with E-state index >= 15 is 0 Å². The Labute approximate surface area is 200 Å². The van der Waals surface area contributed by atoms with Gasteiger partial charge in [-0.15, -0.1) is 0 Å². The van der Waals surface area contributed by atoms with Crippen molar-refractivity contribution in [1.29, 1.82) is 0 Å². The van der Waals surface area contributed by atoms with Gasteiger partial charge in [0.15, 0.2) is 0 Å². The van der Waals surface area contributed by atoms with E-state index in [1.165, 1.54) is 11.2 Å². The number of Topliss-reactive ketones (excluding diaryl/α,β-unsaturated/α-hetero) is 1. The van der Waals surface area contributed by atoms with E-state index in [0.717, 1.165) is 16.7 Å². The summed E-state index contributed by atoms with van der Waals surface area (Å²) in [6.07, 6.45) is 1.50. The Morgan fingerprint density at radius 2 is 1.71 bits per heavy atom. The lowest BCUT2D eigenvalue weighted by Crippen LogP contribution is -2.29. The van der Waals surface area contributed by atoms with Crippen molar-refractivity contribution < 1.29 is 19.1 Å². The lowest BCUT2D eigenvalue weighted by atomic mass is 9.84. The Kier molecular flexibility index (Phi) is 5.98. The van der Waals surface area contributed by atoms with Crippen molar-refractivity contribution in [3.05, 3.63) is 94.4 Å². The quantitative estimate of drug-likeness (QED) is 0.271. The molecule has 5 nitrogen and oxygen atoms in total. The van der Waals surface area contributed by atoms with Crippen molar-refractivity contribution in [2.75, 3.05) is 4.90 Å². The highest BCUT2D eigenvalue weighted by atomic mass is 16.3. The van der Waals surface area contributed by atoms with Crippen LogP contribution in [0.25, 0.3) is 5.76 Å². The van der Waals surface area contributed by atoms with Gasteiger partial charge in [-0.25, -0.2) is 0 Å². The van der Waals surface area contributed by atoms with Crippen LogP contribution in [0, 0.1) is 6.92 Å². The number of amides is 1. The van der Waals surface area contributed by atoms with Crippen molar-refractivity contribution in [3.8, 4) is 0 Å². The van der Waals surface area contributed by atoms with Gasteiger partial charge in [0.25, 0.3) is 11.7 Å². The fourth-order valence-corrected chi connectivity index (χ4v) is 4.32. The van der Waals surface area contributed by atoms with Crippen LogP contribution in [-0.4, -0.2) is 16.8 Å². The number of aliphatic hydroxyl groups excluding tert-OH is 1. The second-order valence-electron chi connectivity index (χ2n) is 10.2. The summed E-state index contributed by atoms with van der Waals surface area (Å²) in [5.41, 5.74) is 3.97. The predicted octanol–water partition coefficient (Wildman–Crippen LogP) is 6.64. The van der Waals surface area contributed by atoms with Crippen LogP contribution in [0.5, 0.6) is 0 Å². The molecule has 0 radical (unpaired) electrons. The molecule has 1 N–H and O–H groups in total. The number of benzene rings is 2. The van der Waals surface area contributed by atoms with Crippen LogP contribution in [0.1, 0.15) is 74.6 Å². The van der Waals surface area contributed by atoms with Gasteiger partial charge < -0.3 is 9.52 Å². The first-order chi connectivity index (χ1) is 16.0. The Morgan fingerprint density at radius 1 is 1.03 bits per heavy atom. The first-order valence-corrected chi connectivity index (χ1v) is 11.6. The van der Waals surface area contributed by atoms with Crippen molar-refractivity contribution in [3.63, 3.8) is 0 Å². The fourth-order valence-electron chi connectivity index (χ4n) is 4.32. The van der Waals surface area contributed by atoms with Gasteiger partial charge in [-0.1, -0.05) is 58.9 Å². The second kappa shape index (κ2) is 8.64. The minimum atomic E-state index is -0.863. The molecule has 0 aliphatic carbocycles. The molecule has 1 fully saturated rings. The lowest BCUT2D eigenvalue weighted by molar-refractivity contribution is -0.132. The molecule has 1 aromatic heterocycles. The molecule has 0 saturated carbocycles. The van der Waals surface area contributed by atoms with E-state index in [1.807, 2.05) is 49.4 Å². The maximum Gasteiger partial charge on any atom is 0.300 e. The molecule has 0 bridgehead atoms. The SMILES string of the molecule is Cc1ccc(C(C)(C)C)cc1/C(O)=C1\C(=O)C(=O)N(c2ccc(C(C)C)cc2)C1c1ccco1. The first-order valence-electron chi connectivity index (χ1n) is 11.6. The summed E-state index contributed by atoms with van der Waals surface area (Å²) in [6.45, 7) is 12.3. The van der Waals surface area contributed by atoms with E-state index < -0.39 is 17.7 Å². The third-order valence-electron chi connectivity index (χ3n) is 6.45. The number of ketones is 1. The molecule has 1 aliphatic rings. The maximum atomic E-state index is 13.3. The predicted molar refractivity (Wildman–Crippen MR) is 134 cm³/mol. The lowest BCUT2D eigenvalue weighted by Gasteiger charge is -2.24. The normalized spacial score (nSPS) is 18.2. The summed E-state index contributed by atoms with van der Waals surface area (Å²) >= 11 is 0. The number of aryl methyl sites for hydroxylation is 1. The van der Waals surface area contributed by atoms with Crippen molar-refractivity contribution >= 4 is 23.1 Å². The molecule has 176 valence electrons. The summed E-state index contributed by atoms with van der Waals surface area (Å²) in [4.78, 5) is 28.0. The van der Waals surface area contributed by atoms with Gasteiger partial charge in [-0.3, -0.25) is 14.5 Å². The molecule has 1 atom stereocenters. The number of carbonyl (C=O) groups is 2. The van der Waals surface area contributed by atoms with Gasteiger partial charge >= 0.3 is 0 Å². The monoisotopic (exact) mass is 457 g/mol. The topological polar surface area (TPSA) is 70.8 Å². The van der Waals surface area contributed by atoms with Crippen LogP contribution in [0.2, 0.25) is 0 Å². The molecule has 1 amide bonds. The minimum absolute atomic E-state index is 0.0297. The zero-order valence-corrected chi connectivity index (χ0v) is 20.5. The Morgan fingerprint density at radius 3 is 2.26 bits per heavy atom. The number of furan rings is 1. The van der Waals surface area contributed by atoms with Gasteiger partial charge in [0, 0.05) is 11.3 Å². The summed E-state index contributed by atoms with van der Waals surface area (Å²) in [7, 11) is 0. The molecule has 2 heterocycles. The number of carbonyl (C=O) groups excluding carboxylic acids is 2. The standard InChI is InChI=1S/C29H31NO4/c1-17(2)19-10-13-21(14-11-19)30-25(23-8-7-15-34-23)24(27(32)28(30)33)26(31)22-16-20(29(4,5)6)12-9-18(22)3/h7-17,25,31H,1-6H3/b26-24+. The van der Waals surface area contributed by atoms with Crippen molar-refractivity contribution in [2.45, 2.75) is 58.9 Å². The minimum Gasteiger partial charge on any atom is -0.507 e. The zero-order valence-electron chi connectivity index (χ0n) is 20.5. The van der Waals surface area contributed by atoms with Gasteiger partial charge in [0.05, 0.1) is 11.8 Å². The van der Waals surface area contributed by atoms with E-state index in [1.54, 1.807) is 12.1 Å². The summed E-state index contributed by atoms with van der Waals surface area (Å²) in [5.74, 6) is -0.858. The average molecular weight is 458 g/mol. The van der Waals surface area contributed by atoms with Gasteiger partial charge in [0.1, 0.15) is 17.6 Å². The largest absolute Gasteiger partial charge is 0.507 e. The van der Waals surface area contributed by atoms with Crippen molar-refractivity contribution in [2.24, 2.45) is 0 Å². The van der Waals surface area contributed by atoms with E-state index in [9.17, 15) is 14.7 Å². The van der Waals surface area contributed by atoms with E-state index in [-0.39, 0.29) is 16.7 Å². The highest BCUT2D eigenvalue weighted by Gasteiger charge is 2.48. The van der Waals surface area contributed by atoms with E-state index in [2.05, 4.69) is 34.6 Å². The Hall–Kier alpha value is -3.60. The van der Waals surface area contributed by atoms with E-state index in [0.29, 0.717) is 22.9 Å². The smallest absolute Gasteiger partial charge is 0.300 e. The van der Waals surface area contributed by atoms with Crippen LogP contribution in [0.3, 0.4) is 0 Å². The first kappa shape index (κ1) is 23.6. The summed E-state index contributed by atoms with van der Waals surface area (Å²) in [5, 5.41) is 11.5. The highest BCUT2D eigenvalue weighted by molar-refractivity contribution is 6.51. The molecule has 0 spiro atoms. The molecule has 3 aromatic rings. The number of hydrogen-bond donors (Lipinski definition) is 1. The number of hydrogen-bond acceptors (Lipinski definition) is 4. The third-order valence-corrected chi connectivity index (χ3v) is 6.45. The molecule has 4 rings (SSSR count).